The molecule has 184 valence electrons. The van der Waals surface area contributed by atoms with Gasteiger partial charge in [0.05, 0.1) is 24.3 Å². The summed E-state index contributed by atoms with van der Waals surface area (Å²) in [6, 6.07) is 7.39. The van der Waals surface area contributed by atoms with Gasteiger partial charge in [-0.05, 0) is 37.5 Å². The number of aromatic nitrogens is 5. The Kier molecular flexibility index (Phi) is 5.13. The summed E-state index contributed by atoms with van der Waals surface area (Å²) in [6.07, 6.45) is 8.33. The van der Waals surface area contributed by atoms with E-state index in [9.17, 15) is 14.4 Å². The number of carbonyl (C=O) groups is 2. The van der Waals surface area contributed by atoms with Crippen LogP contribution in [0.2, 0.25) is 0 Å². The number of aromatic amines is 2. The number of hydrogen-bond acceptors (Lipinski definition) is 6. The Morgan fingerprint density at radius 2 is 1.92 bits per heavy atom. The lowest BCUT2D eigenvalue weighted by Gasteiger charge is -2.38. The van der Waals surface area contributed by atoms with E-state index in [1.807, 2.05) is 23.1 Å². The van der Waals surface area contributed by atoms with Crippen LogP contribution in [-0.2, 0) is 4.79 Å². The van der Waals surface area contributed by atoms with Gasteiger partial charge in [0, 0.05) is 54.9 Å². The number of carbonyl (C=O) groups excluding carboxylic acids is 2. The standard InChI is InChI=1S/C25H25N7O4/c1-36-20-12-17(2-3-18(20)16-13-27-28-14-16)31-11-7-25(24(31)35)5-9-30(10-6-25)23(34)19-4-8-32-21(19)22(33)26-15-29-32/h2-4,8,12-15H,5-7,9-11H2,1H3,(H,27,28)(H,26,29,33). The second kappa shape index (κ2) is 8.36. The molecule has 3 aromatic heterocycles. The molecule has 2 fully saturated rings. The molecule has 0 radical (unpaired) electrons. The maximum absolute atomic E-state index is 13.6. The van der Waals surface area contributed by atoms with Gasteiger partial charge >= 0.3 is 0 Å². The molecule has 6 rings (SSSR count). The normalized spacial score (nSPS) is 17.3. The highest BCUT2D eigenvalue weighted by molar-refractivity contribution is 6.02. The van der Waals surface area contributed by atoms with Gasteiger partial charge in [-0.1, -0.05) is 0 Å². The number of anilines is 1. The van der Waals surface area contributed by atoms with Crippen LogP contribution in [0.1, 0.15) is 29.6 Å². The highest BCUT2D eigenvalue weighted by atomic mass is 16.5. The Morgan fingerprint density at radius 1 is 1.11 bits per heavy atom. The molecule has 11 nitrogen and oxygen atoms in total. The zero-order valence-electron chi connectivity index (χ0n) is 19.7. The van der Waals surface area contributed by atoms with Gasteiger partial charge in [-0.25, -0.2) is 4.52 Å². The van der Waals surface area contributed by atoms with Gasteiger partial charge in [-0.3, -0.25) is 19.5 Å². The molecule has 0 bridgehead atoms. The highest BCUT2D eigenvalue weighted by Crippen LogP contribution is 2.44. The molecule has 11 heteroatoms. The number of piperidine rings is 1. The SMILES string of the molecule is COc1cc(N2CCC3(CCN(C(=O)c4ccn5nc[nH]c(=O)c45)CC3)C2=O)ccc1-c1cn[nH]c1. The number of benzene rings is 1. The lowest BCUT2D eigenvalue weighted by Crippen LogP contribution is -2.46. The minimum Gasteiger partial charge on any atom is -0.496 e. The van der Waals surface area contributed by atoms with Gasteiger partial charge in [-0.15, -0.1) is 0 Å². The van der Waals surface area contributed by atoms with E-state index in [2.05, 4.69) is 20.3 Å². The van der Waals surface area contributed by atoms with E-state index < -0.39 is 5.41 Å². The number of H-pyrrole nitrogens is 2. The number of likely N-dealkylation sites (tertiary alicyclic amines) is 1. The summed E-state index contributed by atoms with van der Waals surface area (Å²) < 4.78 is 7.01. The Bertz CT molecular complexity index is 1510. The van der Waals surface area contributed by atoms with E-state index in [1.165, 1.54) is 10.8 Å². The lowest BCUT2D eigenvalue weighted by atomic mass is 9.77. The first-order valence-corrected chi connectivity index (χ1v) is 11.8. The van der Waals surface area contributed by atoms with E-state index in [0.717, 1.165) is 23.2 Å². The monoisotopic (exact) mass is 487 g/mol. The second-order valence-electron chi connectivity index (χ2n) is 9.29. The fraction of sp³-hybridized carbons (Fsp3) is 0.320. The number of hydrogen-bond donors (Lipinski definition) is 2. The molecule has 2 aliphatic rings. The fourth-order valence-electron chi connectivity index (χ4n) is 5.46. The number of ether oxygens (including phenoxy) is 1. The maximum atomic E-state index is 13.6. The van der Waals surface area contributed by atoms with Gasteiger partial charge in [-0.2, -0.15) is 10.2 Å². The van der Waals surface area contributed by atoms with Crippen LogP contribution in [0.15, 0.2) is 54.0 Å². The second-order valence-corrected chi connectivity index (χ2v) is 9.29. The minimum absolute atomic E-state index is 0.0858. The van der Waals surface area contributed by atoms with Crippen molar-refractivity contribution in [1.82, 2.24) is 29.7 Å². The van der Waals surface area contributed by atoms with Gasteiger partial charge in [0.1, 0.15) is 17.6 Å². The van der Waals surface area contributed by atoms with Gasteiger partial charge in [0.2, 0.25) is 5.91 Å². The van der Waals surface area contributed by atoms with Crippen LogP contribution in [0.5, 0.6) is 5.75 Å². The molecule has 0 saturated carbocycles. The first-order chi connectivity index (χ1) is 17.5. The van der Waals surface area contributed by atoms with Crippen molar-refractivity contribution in [3.8, 4) is 16.9 Å². The molecule has 0 aliphatic carbocycles. The molecule has 0 unspecified atom stereocenters. The topological polar surface area (TPSA) is 129 Å². The summed E-state index contributed by atoms with van der Waals surface area (Å²) in [5.74, 6) is 0.544. The molecule has 4 aromatic rings. The number of amides is 2. The number of nitrogens with zero attached hydrogens (tertiary/aromatic N) is 5. The van der Waals surface area contributed by atoms with E-state index in [1.54, 1.807) is 36.7 Å². The summed E-state index contributed by atoms with van der Waals surface area (Å²) in [6.45, 7) is 1.53. The molecule has 2 N–H and O–H groups in total. The summed E-state index contributed by atoms with van der Waals surface area (Å²) in [7, 11) is 1.61. The summed E-state index contributed by atoms with van der Waals surface area (Å²) in [5, 5.41) is 10.9. The van der Waals surface area contributed by atoms with Crippen molar-refractivity contribution < 1.29 is 14.3 Å². The summed E-state index contributed by atoms with van der Waals surface area (Å²) >= 11 is 0. The first kappa shape index (κ1) is 22.1. The molecular weight excluding hydrogens is 462 g/mol. The maximum Gasteiger partial charge on any atom is 0.275 e. The van der Waals surface area contributed by atoms with Crippen LogP contribution >= 0.6 is 0 Å². The van der Waals surface area contributed by atoms with E-state index in [0.29, 0.717) is 43.8 Å². The highest BCUT2D eigenvalue weighted by Gasteiger charge is 2.49. The smallest absolute Gasteiger partial charge is 0.275 e. The molecule has 5 heterocycles. The van der Waals surface area contributed by atoms with Crippen molar-refractivity contribution in [1.29, 1.82) is 0 Å². The van der Waals surface area contributed by atoms with Crippen molar-refractivity contribution in [3.05, 3.63) is 65.1 Å². The number of methoxy groups -OCH3 is 1. The summed E-state index contributed by atoms with van der Waals surface area (Å²) in [5.41, 5.74) is 2.32. The van der Waals surface area contributed by atoms with Crippen molar-refractivity contribution >= 4 is 23.0 Å². The van der Waals surface area contributed by atoms with Crippen molar-refractivity contribution in [3.63, 3.8) is 0 Å². The first-order valence-electron chi connectivity index (χ1n) is 11.8. The van der Waals surface area contributed by atoms with Crippen LogP contribution in [0.3, 0.4) is 0 Å². The predicted molar refractivity (Wildman–Crippen MR) is 131 cm³/mol. The Hall–Kier alpha value is -4.41. The zero-order valence-corrected chi connectivity index (χ0v) is 19.7. The fourth-order valence-corrected chi connectivity index (χ4v) is 5.46. The zero-order chi connectivity index (χ0) is 24.9. The lowest BCUT2D eigenvalue weighted by molar-refractivity contribution is -0.127. The molecule has 1 spiro atoms. The number of rotatable bonds is 4. The van der Waals surface area contributed by atoms with E-state index in [-0.39, 0.29) is 22.9 Å². The molecule has 2 amide bonds. The van der Waals surface area contributed by atoms with Crippen molar-refractivity contribution in [2.45, 2.75) is 19.3 Å². The third-order valence-electron chi connectivity index (χ3n) is 7.52. The minimum atomic E-state index is -0.491. The summed E-state index contributed by atoms with van der Waals surface area (Å²) in [4.78, 5) is 45.2. The Morgan fingerprint density at radius 3 is 2.67 bits per heavy atom. The van der Waals surface area contributed by atoms with Crippen LogP contribution in [0.25, 0.3) is 16.6 Å². The average molecular weight is 488 g/mol. The van der Waals surface area contributed by atoms with Gasteiger partial charge in [0.25, 0.3) is 11.5 Å². The average Bonchev–Trinajstić information content (AvgIpc) is 3.65. The van der Waals surface area contributed by atoms with E-state index in [4.69, 9.17) is 4.74 Å². The largest absolute Gasteiger partial charge is 0.496 e. The third-order valence-corrected chi connectivity index (χ3v) is 7.52. The number of fused-ring (bicyclic) bond motifs is 1. The van der Waals surface area contributed by atoms with Crippen LogP contribution < -0.4 is 15.2 Å². The van der Waals surface area contributed by atoms with Gasteiger partial charge < -0.3 is 19.5 Å². The van der Waals surface area contributed by atoms with E-state index >= 15 is 0 Å². The molecule has 2 saturated heterocycles. The Labute approximate surface area is 205 Å². The van der Waals surface area contributed by atoms with Crippen LogP contribution in [0, 0.1) is 5.41 Å². The van der Waals surface area contributed by atoms with Crippen molar-refractivity contribution in [2.24, 2.45) is 5.41 Å². The van der Waals surface area contributed by atoms with Crippen LogP contribution in [0.4, 0.5) is 5.69 Å². The quantitative estimate of drug-likeness (QED) is 0.454. The Balaban J connectivity index is 1.19. The van der Waals surface area contributed by atoms with Gasteiger partial charge in [0.15, 0.2) is 0 Å². The molecule has 36 heavy (non-hydrogen) atoms. The molecular formula is C25H25N7O4. The van der Waals surface area contributed by atoms with Crippen molar-refractivity contribution in [2.75, 3.05) is 31.6 Å². The predicted octanol–water partition coefficient (Wildman–Crippen LogP) is 2.08. The third kappa shape index (κ3) is 3.38. The molecule has 0 atom stereocenters. The number of nitrogens with one attached hydrogen (secondary N) is 2. The molecule has 2 aliphatic heterocycles. The molecule has 1 aromatic carbocycles. The van der Waals surface area contributed by atoms with Crippen LogP contribution in [-0.4, -0.2) is 68.3 Å².